The maximum absolute atomic E-state index is 12.4. The molecule has 0 aromatic carbocycles. The Morgan fingerprint density at radius 2 is 2.23 bits per heavy atom. The van der Waals surface area contributed by atoms with E-state index in [1.807, 2.05) is 0 Å². The molecule has 1 heterocycles. The topological polar surface area (TPSA) is 53.1 Å². The molecule has 1 aromatic rings. The van der Waals surface area contributed by atoms with E-state index in [1.165, 1.54) is 0 Å². The maximum atomic E-state index is 12.4. The Balaban J connectivity index is 3.38. The summed E-state index contributed by atoms with van der Waals surface area (Å²) < 4.78 is 24.8. The molecular formula is C7H6F2INO2. The number of hydrogen-bond donors (Lipinski definition) is 2. The monoisotopic (exact) mass is 301 g/mol. The number of hydrogen-bond acceptors (Lipinski definition) is 2. The van der Waals surface area contributed by atoms with E-state index < -0.39 is 18.6 Å². The van der Waals surface area contributed by atoms with Gasteiger partial charge >= 0.3 is 0 Å². The Bertz CT molecular complexity index is 364. The smallest absolute Gasteiger partial charge is 0.266 e. The molecule has 0 atom stereocenters. The lowest BCUT2D eigenvalue weighted by molar-refractivity contribution is 0.145. The van der Waals surface area contributed by atoms with Gasteiger partial charge in [0.25, 0.3) is 6.43 Å². The van der Waals surface area contributed by atoms with Gasteiger partial charge in [0, 0.05) is 6.07 Å². The maximum Gasteiger partial charge on any atom is 0.266 e. The molecule has 13 heavy (non-hydrogen) atoms. The van der Waals surface area contributed by atoms with Gasteiger partial charge in [-0.25, -0.2) is 8.78 Å². The minimum atomic E-state index is -2.69. The Morgan fingerprint density at radius 3 is 2.69 bits per heavy atom. The molecule has 72 valence electrons. The minimum absolute atomic E-state index is 0.0249. The minimum Gasteiger partial charge on any atom is -0.392 e. The molecule has 0 bridgehead atoms. The fraction of sp³-hybridized carbons (Fsp3) is 0.286. The Hall–Kier alpha value is -0.500. The lowest BCUT2D eigenvalue weighted by atomic mass is 10.1. The third-order valence-electron chi connectivity index (χ3n) is 1.51. The normalized spacial score (nSPS) is 10.8. The van der Waals surface area contributed by atoms with Crippen molar-refractivity contribution in [2.24, 2.45) is 0 Å². The fourth-order valence-electron chi connectivity index (χ4n) is 0.955. The van der Waals surface area contributed by atoms with Crippen molar-refractivity contribution in [1.29, 1.82) is 0 Å². The average Bonchev–Trinajstić information content (AvgIpc) is 2.01. The second-order valence-corrected chi connectivity index (χ2v) is 3.42. The summed E-state index contributed by atoms with van der Waals surface area (Å²) in [4.78, 5) is 13.1. The fourth-order valence-corrected chi connectivity index (χ4v) is 1.80. The van der Waals surface area contributed by atoms with Crippen molar-refractivity contribution in [1.82, 2.24) is 4.98 Å². The number of halogens is 3. The largest absolute Gasteiger partial charge is 0.392 e. The van der Waals surface area contributed by atoms with E-state index >= 15 is 0 Å². The summed E-state index contributed by atoms with van der Waals surface area (Å²) >= 11 is 1.60. The molecule has 0 amide bonds. The van der Waals surface area contributed by atoms with Crippen LogP contribution in [0.2, 0.25) is 0 Å². The second kappa shape index (κ2) is 4.14. The Morgan fingerprint density at radius 1 is 1.62 bits per heavy atom. The molecule has 2 N–H and O–H groups in total. The summed E-state index contributed by atoms with van der Waals surface area (Å²) in [5.41, 5.74) is -0.816. The van der Waals surface area contributed by atoms with Crippen LogP contribution in [0.1, 0.15) is 17.6 Å². The molecule has 0 aliphatic heterocycles. The molecule has 0 unspecified atom stereocenters. The van der Waals surface area contributed by atoms with Crippen molar-refractivity contribution in [3.05, 3.63) is 31.2 Å². The highest BCUT2D eigenvalue weighted by Gasteiger charge is 2.17. The summed E-state index contributed by atoms with van der Waals surface area (Å²) in [5, 5.41) is 8.73. The van der Waals surface area contributed by atoms with Crippen LogP contribution >= 0.6 is 22.6 Å². The first-order valence-corrected chi connectivity index (χ1v) is 4.44. The van der Waals surface area contributed by atoms with Crippen molar-refractivity contribution >= 4 is 22.6 Å². The number of aliphatic hydroxyl groups excluding tert-OH is 1. The van der Waals surface area contributed by atoms with Crippen LogP contribution in [0.3, 0.4) is 0 Å². The zero-order valence-corrected chi connectivity index (χ0v) is 8.51. The molecule has 0 spiro atoms. The number of aromatic nitrogens is 1. The van der Waals surface area contributed by atoms with Gasteiger partial charge < -0.3 is 10.1 Å². The van der Waals surface area contributed by atoms with Gasteiger partial charge in [-0.1, -0.05) is 0 Å². The van der Waals surface area contributed by atoms with Gasteiger partial charge in [0.15, 0.2) is 0 Å². The first kappa shape index (κ1) is 10.6. The zero-order valence-electron chi connectivity index (χ0n) is 6.35. The van der Waals surface area contributed by atoms with E-state index in [0.29, 0.717) is 0 Å². The number of aromatic amines is 1. The molecule has 0 aliphatic rings. The van der Waals surface area contributed by atoms with Crippen molar-refractivity contribution in [3.63, 3.8) is 0 Å². The van der Waals surface area contributed by atoms with E-state index in [2.05, 4.69) is 4.98 Å². The molecule has 0 saturated carbocycles. The molecular weight excluding hydrogens is 295 g/mol. The number of alkyl halides is 2. The standard InChI is InChI=1S/C7H6F2INO2/c8-6(9)5-3(2-12)1-4(13)11-7(5)10/h1,6,12H,2H2,(H,11,13). The second-order valence-electron chi connectivity index (χ2n) is 2.35. The highest BCUT2D eigenvalue weighted by molar-refractivity contribution is 14.1. The van der Waals surface area contributed by atoms with E-state index in [4.69, 9.17) is 5.11 Å². The van der Waals surface area contributed by atoms with E-state index in [0.717, 1.165) is 6.07 Å². The van der Waals surface area contributed by atoms with E-state index in [9.17, 15) is 13.6 Å². The van der Waals surface area contributed by atoms with Crippen LogP contribution in [0.5, 0.6) is 0 Å². The van der Waals surface area contributed by atoms with Crippen LogP contribution < -0.4 is 5.56 Å². The van der Waals surface area contributed by atoms with Crippen LogP contribution in [-0.2, 0) is 6.61 Å². The first-order valence-electron chi connectivity index (χ1n) is 3.37. The zero-order chi connectivity index (χ0) is 10.0. The number of nitrogens with one attached hydrogen (secondary N) is 1. The highest BCUT2D eigenvalue weighted by Crippen LogP contribution is 2.25. The van der Waals surface area contributed by atoms with Gasteiger partial charge in [0.2, 0.25) is 5.56 Å². The van der Waals surface area contributed by atoms with Crippen LogP contribution in [0, 0.1) is 3.70 Å². The quantitative estimate of drug-likeness (QED) is 0.641. The van der Waals surface area contributed by atoms with Gasteiger partial charge in [-0.05, 0) is 28.2 Å². The Labute approximate surface area is 85.9 Å². The number of H-pyrrole nitrogens is 1. The van der Waals surface area contributed by atoms with E-state index in [-0.39, 0.29) is 14.8 Å². The summed E-state index contributed by atoms with van der Waals surface area (Å²) in [7, 11) is 0. The summed E-state index contributed by atoms with van der Waals surface area (Å²) in [6.07, 6.45) is -2.69. The number of pyridine rings is 1. The van der Waals surface area contributed by atoms with Crippen LogP contribution in [0.25, 0.3) is 0 Å². The Kier molecular flexibility index (Phi) is 3.37. The predicted octanol–water partition coefficient (Wildman–Crippen LogP) is 1.41. The van der Waals surface area contributed by atoms with Gasteiger partial charge in [-0.2, -0.15) is 0 Å². The molecule has 1 rings (SSSR count). The molecule has 0 aliphatic carbocycles. The van der Waals surface area contributed by atoms with Crippen LogP contribution in [0.4, 0.5) is 8.78 Å². The SMILES string of the molecule is O=c1cc(CO)c(C(F)F)c(I)[nH]1. The number of aliphatic hydroxyl groups is 1. The van der Waals surface area contributed by atoms with Gasteiger partial charge in [-0.3, -0.25) is 4.79 Å². The summed E-state index contributed by atoms with van der Waals surface area (Å²) in [5.74, 6) is 0. The van der Waals surface area contributed by atoms with Crippen LogP contribution in [0.15, 0.2) is 10.9 Å². The third-order valence-corrected chi connectivity index (χ3v) is 2.36. The highest BCUT2D eigenvalue weighted by atomic mass is 127. The molecule has 6 heteroatoms. The molecule has 0 saturated heterocycles. The molecule has 3 nitrogen and oxygen atoms in total. The predicted molar refractivity (Wildman–Crippen MR) is 50.7 cm³/mol. The van der Waals surface area contributed by atoms with E-state index in [1.54, 1.807) is 22.6 Å². The average molecular weight is 301 g/mol. The van der Waals surface area contributed by atoms with Crippen molar-refractivity contribution in [2.45, 2.75) is 13.0 Å². The van der Waals surface area contributed by atoms with Crippen LogP contribution in [-0.4, -0.2) is 10.1 Å². The van der Waals surface area contributed by atoms with Crippen molar-refractivity contribution in [3.8, 4) is 0 Å². The third kappa shape index (κ3) is 2.25. The molecule has 0 radical (unpaired) electrons. The summed E-state index contributed by atoms with van der Waals surface area (Å²) in [6.45, 7) is -0.556. The van der Waals surface area contributed by atoms with Crippen molar-refractivity contribution < 1.29 is 13.9 Å². The number of rotatable bonds is 2. The van der Waals surface area contributed by atoms with Gasteiger partial charge in [0.1, 0.15) is 0 Å². The van der Waals surface area contributed by atoms with Gasteiger partial charge in [0.05, 0.1) is 15.9 Å². The van der Waals surface area contributed by atoms with Crippen molar-refractivity contribution in [2.75, 3.05) is 0 Å². The first-order chi connectivity index (χ1) is 6.06. The molecule has 0 fully saturated rings. The summed E-state index contributed by atoms with van der Waals surface area (Å²) in [6, 6.07) is 0.976. The van der Waals surface area contributed by atoms with Gasteiger partial charge in [-0.15, -0.1) is 0 Å². The molecule has 1 aromatic heterocycles. The lowest BCUT2D eigenvalue weighted by Gasteiger charge is -2.07. The lowest BCUT2D eigenvalue weighted by Crippen LogP contribution is -2.12.